The van der Waals surface area contributed by atoms with E-state index in [1.54, 1.807) is 6.07 Å². The quantitative estimate of drug-likeness (QED) is 0.824. The Morgan fingerprint density at radius 3 is 2.89 bits per heavy atom. The molecular formula is C21H29N5O2. The maximum Gasteiger partial charge on any atom is 0.251 e. The van der Waals surface area contributed by atoms with Gasteiger partial charge in [0, 0.05) is 62.9 Å². The minimum atomic E-state index is -0.0560. The van der Waals surface area contributed by atoms with Gasteiger partial charge in [-0.1, -0.05) is 13.0 Å². The fourth-order valence-corrected chi connectivity index (χ4v) is 4.87. The molecule has 1 amide bonds. The van der Waals surface area contributed by atoms with Crippen molar-refractivity contribution in [2.24, 2.45) is 5.92 Å². The first kappa shape index (κ1) is 18.9. The Bertz CT molecular complexity index is 931. The topological polar surface area (TPSA) is 83.0 Å². The van der Waals surface area contributed by atoms with Gasteiger partial charge in [0.25, 0.3) is 5.56 Å². The first-order valence-electron chi connectivity index (χ1n) is 10.2. The van der Waals surface area contributed by atoms with Gasteiger partial charge in [0.1, 0.15) is 5.82 Å². The van der Waals surface area contributed by atoms with Gasteiger partial charge in [-0.3, -0.25) is 14.5 Å². The van der Waals surface area contributed by atoms with Crippen LogP contribution in [0.3, 0.4) is 0 Å². The maximum absolute atomic E-state index is 12.6. The molecule has 3 atom stereocenters. The highest BCUT2D eigenvalue weighted by atomic mass is 16.1. The molecule has 0 aromatic carbocycles. The van der Waals surface area contributed by atoms with Gasteiger partial charge in [0.05, 0.1) is 11.7 Å². The van der Waals surface area contributed by atoms with Crippen LogP contribution >= 0.6 is 0 Å². The van der Waals surface area contributed by atoms with Crippen LogP contribution in [0.5, 0.6) is 0 Å². The molecule has 0 saturated carbocycles. The van der Waals surface area contributed by atoms with E-state index in [4.69, 9.17) is 4.98 Å². The van der Waals surface area contributed by atoms with Crippen LogP contribution in [-0.2, 0) is 17.8 Å². The van der Waals surface area contributed by atoms with Crippen molar-refractivity contribution in [3.8, 4) is 0 Å². The zero-order valence-electron chi connectivity index (χ0n) is 16.9. The SMILES string of the molecule is CCc1nc(CN2C[C@H]3C[C@@H](C2)[C@H](CNC(C)=O)n2c3cccc2=O)c(C)[nH]1. The minimum Gasteiger partial charge on any atom is -0.354 e. The van der Waals surface area contributed by atoms with Crippen molar-refractivity contribution in [1.29, 1.82) is 0 Å². The lowest BCUT2D eigenvalue weighted by atomic mass is 9.78. The Balaban J connectivity index is 1.62. The average molecular weight is 383 g/mol. The van der Waals surface area contributed by atoms with Gasteiger partial charge in [-0.15, -0.1) is 0 Å². The molecule has 4 rings (SSSR count). The zero-order chi connectivity index (χ0) is 19.8. The molecule has 2 N–H and O–H groups in total. The van der Waals surface area contributed by atoms with Gasteiger partial charge in [0.2, 0.25) is 5.91 Å². The molecule has 0 radical (unpaired) electrons. The fourth-order valence-electron chi connectivity index (χ4n) is 4.87. The summed E-state index contributed by atoms with van der Waals surface area (Å²) in [4.78, 5) is 34.7. The number of imidazole rings is 1. The number of carbonyl (C=O) groups is 1. The number of rotatable bonds is 5. The van der Waals surface area contributed by atoms with E-state index in [-0.39, 0.29) is 17.5 Å². The molecule has 7 heteroatoms. The third-order valence-electron chi connectivity index (χ3n) is 6.18. The Morgan fingerprint density at radius 2 is 2.18 bits per heavy atom. The molecule has 150 valence electrons. The van der Waals surface area contributed by atoms with E-state index < -0.39 is 0 Å². The summed E-state index contributed by atoms with van der Waals surface area (Å²) in [5.41, 5.74) is 3.38. The summed E-state index contributed by atoms with van der Waals surface area (Å²) >= 11 is 0. The van der Waals surface area contributed by atoms with E-state index in [0.29, 0.717) is 18.4 Å². The third kappa shape index (κ3) is 3.51. The predicted molar refractivity (Wildman–Crippen MR) is 107 cm³/mol. The summed E-state index contributed by atoms with van der Waals surface area (Å²) in [6, 6.07) is 5.55. The number of H-pyrrole nitrogens is 1. The zero-order valence-corrected chi connectivity index (χ0v) is 16.9. The number of aromatic nitrogens is 3. The van der Waals surface area contributed by atoms with Crippen molar-refractivity contribution >= 4 is 5.91 Å². The summed E-state index contributed by atoms with van der Waals surface area (Å²) in [6.07, 6.45) is 1.96. The average Bonchev–Trinajstić information content (AvgIpc) is 3.01. The molecule has 0 aliphatic carbocycles. The van der Waals surface area contributed by atoms with Crippen molar-refractivity contribution in [3.63, 3.8) is 0 Å². The molecule has 2 aliphatic rings. The number of carbonyl (C=O) groups excluding carboxylic acids is 1. The number of likely N-dealkylation sites (tertiary alicyclic amines) is 1. The Morgan fingerprint density at radius 1 is 1.36 bits per heavy atom. The van der Waals surface area contributed by atoms with Crippen molar-refractivity contribution in [1.82, 2.24) is 24.8 Å². The summed E-state index contributed by atoms with van der Waals surface area (Å²) < 4.78 is 1.93. The van der Waals surface area contributed by atoms with Gasteiger partial charge < -0.3 is 14.9 Å². The monoisotopic (exact) mass is 383 g/mol. The van der Waals surface area contributed by atoms with Crippen LogP contribution in [0.15, 0.2) is 23.0 Å². The van der Waals surface area contributed by atoms with Crippen molar-refractivity contribution < 1.29 is 4.79 Å². The van der Waals surface area contributed by atoms with Crippen LogP contribution in [-0.4, -0.2) is 45.0 Å². The molecule has 2 bridgehead atoms. The van der Waals surface area contributed by atoms with Crippen LogP contribution in [0.2, 0.25) is 0 Å². The normalized spacial score (nSPS) is 24.0. The van der Waals surface area contributed by atoms with Crippen LogP contribution in [0, 0.1) is 12.8 Å². The second-order valence-corrected chi connectivity index (χ2v) is 8.16. The lowest BCUT2D eigenvalue weighted by molar-refractivity contribution is -0.119. The summed E-state index contributed by atoms with van der Waals surface area (Å²) in [7, 11) is 0. The van der Waals surface area contributed by atoms with E-state index in [9.17, 15) is 9.59 Å². The van der Waals surface area contributed by atoms with E-state index in [2.05, 4.69) is 35.1 Å². The number of fused-ring (bicyclic) bond motifs is 4. The summed E-state index contributed by atoms with van der Waals surface area (Å²) in [6.45, 7) is 8.88. The number of nitrogens with zero attached hydrogens (tertiary/aromatic N) is 3. The third-order valence-corrected chi connectivity index (χ3v) is 6.18. The first-order chi connectivity index (χ1) is 13.5. The highest BCUT2D eigenvalue weighted by Crippen LogP contribution is 2.41. The van der Waals surface area contributed by atoms with Gasteiger partial charge in [0.15, 0.2) is 0 Å². The van der Waals surface area contributed by atoms with Gasteiger partial charge in [-0.2, -0.15) is 0 Å². The number of amides is 1. The lowest BCUT2D eigenvalue weighted by Crippen LogP contribution is -2.51. The summed E-state index contributed by atoms with van der Waals surface area (Å²) in [5, 5.41) is 2.94. The molecule has 4 heterocycles. The number of piperidine rings is 1. The largest absolute Gasteiger partial charge is 0.354 e. The Hall–Kier alpha value is -2.41. The van der Waals surface area contributed by atoms with Crippen molar-refractivity contribution in [2.45, 2.75) is 52.1 Å². The molecule has 7 nitrogen and oxygen atoms in total. The lowest BCUT2D eigenvalue weighted by Gasteiger charge is -2.47. The van der Waals surface area contributed by atoms with Crippen LogP contribution in [0.4, 0.5) is 0 Å². The minimum absolute atomic E-state index is 0.00173. The second-order valence-electron chi connectivity index (χ2n) is 8.16. The summed E-state index contributed by atoms with van der Waals surface area (Å²) in [5.74, 6) is 1.65. The number of hydrogen-bond donors (Lipinski definition) is 2. The molecular weight excluding hydrogens is 354 g/mol. The number of aromatic amines is 1. The second kappa shape index (κ2) is 7.54. The van der Waals surface area contributed by atoms with E-state index in [0.717, 1.165) is 55.4 Å². The molecule has 0 spiro atoms. The number of pyridine rings is 1. The van der Waals surface area contributed by atoms with Gasteiger partial charge >= 0.3 is 0 Å². The van der Waals surface area contributed by atoms with Crippen LogP contribution < -0.4 is 10.9 Å². The molecule has 1 fully saturated rings. The maximum atomic E-state index is 12.6. The van der Waals surface area contributed by atoms with E-state index in [1.807, 2.05) is 10.6 Å². The molecule has 2 aromatic rings. The molecule has 1 saturated heterocycles. The van der Waals surface area contributed by atoms with Gasteiger partial charge in [-0.25, -0.2) is 4.98 Å². The molecule has 2 aromatic heterocycles. The number of aryl methyl sites for hydroxylation is 2. The highest BCUT2D eigenvalue weighted by Gasteiger charge is 2.40. The van der Waals surface area contributed by atoms with E-state index >= 15 is 0 Å². The van der Waals surface area contributed by atoms with Crippen molar-refractivity contribution in [2.75, 3.05) is 19.6 Å². The molecule has 2 aliphatic heterocycles. The van der Waals surface area contributed by atoms with Crippen molar-refractivity contribution in [3.05, 3.63) is 51.5 Å². The standard InChI is InChI=1S/C21H29N5O2/c1-4-20-23-13(2)17(24-20)12-25-10-15-8-16(11-25)19(9-22-14(3)27)26-18(15)6-5-7-21(26)28/h5-7,15-16,19H,4,8-12H2,1-3H3,(H,22,27)(H,23,24)/t15-,16+,19+/m1/s1. The van der Waals surface area contributed by atoms with E-state index in [1.165, 1.54) is 6.92 Å². The van der Waals surface area contributed by atoms with Crippen LogP contribution in [0.25, 0.3) is 0 Å². The van der Waals surface area contributed by atoms with Crippen LogP contribution in [0.1, 0.15) is 55.1 Å². The fraction of sp³-hybridized carbons (Fsp3) is 0.571. The molecule has 28 heavy (non-hydrogen) atoms. The molecule has 0 unspecified atom stereocenters. The Labute approximate surface area is 165 Å². The van der Waals surface area contributed by atoms with Gasteiger partial charge in [-0.05, 0) is 25.3 Å². The predicted octanol–water partition coefficient (Wildman–Crippen LogP) is 1.74. The Kier molecular flexibility index (Phi) is 5.10. The number of hydrogen-bond acceptors (Lipinski definition) is 4. The highest BCUT2D eigenvalue weighted by molar-refractivity contribution is 5.72. The smallest absolute Gasteiger partial charge is 0.251 e. The number of nitrogens with one attached hydrogen (secondary N) is 2. The first-order valence-corrected chi connectivity index (χ1v) is 10.2.